The van der Waals surface area contributed by atoms with E-state index in [-0.39, 0.29) is 16.9 Å². The second-order valence-electron chi connectivity index (χ2n) is 6.36. The smallest absolute Gasteiger partial charge is 0.153 e. The van der Waals surface area contributed by atoms with Gasteiger partial charge < -0.3 is 9.64 Å². The van der Waals surface area contributed by atoms with E-state index in [1.54, 1.807) is 7.11 Å². The maximum atomic E-state index is 11.5. The molecule has 0 saturated carbocycles. The summed E-state index contributed by atoms with van der Waals surface area (Å²) in [6.07, 6.45) is 0. The zero-order valence-electron chi connectivity index (χ0n) is 13.1. The number of sulfone groups is 1. The lowest BCUT2D eigenvalue weighted by molar-refractivity contribution is 0.181. The van der Waals surface area contributed by atoms with E-state index in [2.05, 4.69) is 30.7 Å². The van der Waals surface area contributed by atoms with Gasteiger partial charge in [-0.25, -0.2) is 18.4 Å². The molecule has 2 heterocycles. The molecule has 0 aliphatic carbocycles. The van der Waals surface area contributed by atoms with Gasteiger partial charge in [0.05, 0.1) is 23.8 Å². The SMILES string of the molecule is COCc1cc(N2CCS(=O)(=O)CC2)nc(C(C)(C)C)n1. The maximum Gasteiger partial charge on any atom is 0.153 e. The minimum Gasteiger partial charge on any atom is -0.378 e. The van der Waals surface area contributed by atoms with Gasteiger partial charge >= 0.3 is 0 Å². The molecule has 0 unspecified atom stereocenters. The molecule has 118 valence electrons. The van der Waals surface area contributed by atoms with Crippen LogP contribution in [0.3, 0.4) is 0 Å². The highest BCUT2D eigenvalue weighted by atomic mass is 32.2. The van der Waals surface area contributed by atoms with Crippen LogP contribution in [0.4, 0.5) is 5.82 Å². The normalized spacial score (nSPS) is 18.8. The minimum absolute atomic E-state index is 0.166. The molecule has 21 heavy (non-hydrogen) atoms. The first-order valence-electron chi connectivity index (χ1n) is 7.04. The highest BCUT2D eigenvalue weighted by Crippen LogP contribution is 2.23. The van der Waals surface area contributed by atoms with Crippen molar-refractivity contribution in [2.75, 3.05) is 36.6 Å². The van der Waals surface area contributed by atoms with Gasteiger partial charge in [-0.15, -0.1) is 0 Å². The van der Waals surface area contributed by atoms with E-state index >= 15 is 0 Å². The van der Waals surface area contributed by atoms with Crippen LogP contribution in [-0.4, -0.2) is 50.1 Å². The van der Waals surface area contributed by atoms with Crippen molar-refractivity contribution in [1.29, 1.82) is 0 Å². The fourth-order valence-corrected chi connectivity index (χ4v) is 3.35. The van der Waals surface area contributed by atoms with Crippen LogP contribution in [0.5, 0.6) is 0 Å². The van der Waals surface area contributed by atoms with E-state index in [1.165, 1.54) is 0 Å². The van der Waals surface area contributed by atoms with Crippen LogP contribution in [0, 0.1) is 0 Å². The van der Waals surface area contributed by atoms with Crippen LogP contribution in [0.15, 0.2) is 6.07 Å². The second-order valence-corrected chi connectivity index (χ2v) is 8.67. The largest absolute Gasteiger partial charge is 0.378 e. The maximum absolute atomic E-state index is 11.5. The molecule has 0 bridgehead atoms. The van der Waals surface area contributed by atoms with Gasteiger partial charge in [-0.2, -0.15) is 0 Å². The summed E-state index contributed by atoms with van der Waals surface area (Å²) in [6.45, 7) is 7.56. The van der Waals surface area contributed by atoms with E-state index in [4.69, 9.17) is 4.74 Å². The van der Waals surface area contributed by atoms with Gasteiger partial charge in [-0.05, 0) is 0 Å². The Hall–Kier alpha value is -1.21. The summed E-state index contributed by atoms with van der Waals surface area (Å²) < 4.78 is 28.3. The zero-order valence-corrected chi connectivity index (χ0v) is 13.9. The molecule has 0 amide bonds. The summed E-state index contributed by atoms with van der Waals surface area (Å²) in [5.74, 6) is 1.90. The highest BCUT2D eigenvalue weighted by molar-refractivity contribution is 7.91. The average Bonchev–Trinajstić information content (AvgIpc) is 2.37. The molecule has 2 rings (SSSR count). The summed E-state index contributed by atoms with van der Waals surface area (Å²) in [4.78, 5) is 11.2. The number of hydrogen-bond acceptors (Lipinski definition) is 6. The van der Waals surface area contributed by atoms with Crippen molar-refractivity contribution in [2.45, 2.75) is 32.8 Å². The third kappa shape index (κ3) is 4.14. The molecule has 0 spiro atoms. The molecule has 0 radical (unpaired) electrons. The number of hydrogen-bond donors (Lipinski definition) is 0. The molecule has 1 aromatic heterocycles. The Balaban J connectivity index is 2.32. The van der Waals surface area contributed by atoms with Crippen molar-refractivity contribution in [2.24, 2.45) is 0 Å². The van der Waals surface area contributed by atoms with Crippen LogP contribution in [0.25, 0.3) is 0 Å². The van der Waals surface area contributed by atoms with Gasteiger partial charge in [0.2, 0.25) is 0 Å². The van der Waals surface area contributed by atoms with Gasteiger partial charge in [-0.3, -0.25) is 0 Å². The summed E-state index contributed by atoms with van der Waals surface area (Å²) >= 11 is 0. The molecule has 0 atom stereocenters. The first kappa shape index (κ1) is 16.2. The second kappa shape index (κ2) is 5.88. The van der Waals surface area contributed by atoms with Crippen molar-refractivity contribution in [3.63, 3.8) is 0 Å². The highest BCUT2D eigenvalue weighted by Gasteiger charge is 2.25. The summed E-state index contributed by atoms with van der Waals surface area (Å²) in [5.41, 5.74) is 0.654. The number of nitrogens with zero attached hydrogens (tertiary/aromatic N) is 3. The van der Waals surface area contributed by atoms with Crippen LogP contribution in [0.2, 0.25) is 0 Å². The number of methoxy groups -OCH3 is 1. The van der Waals surface area contributed by atoms with E-state index in [0.717, 1.165) is 17.3 Å². The van der Waals surface area contributed by atoms with Gasteiger partial charge in [0.15, 0.2) is 9.84 Å². The monoisotopic (exact) mass is 313 g/mol. The summed E-state index contributed by atoms with van der Waals surface area (Å²) in [6, 6.07) is 1.89. The Bertz CT molecular complexity index is 594. The van der Waals surface area contributed by atoms with Crippen LogP contribution in [-0.2, 0) is 26.6 Å². The lowest BCUT2D eigenvalue weighted by Crippen LogP contribution is -2.41. The Kier molecular flexibility index (Phi) is 4.53. The van der Waals surface area contributed by atoms with E-state index in [9.17, 15) is 8.42 Å². The third-order valence-corrected chi connectivity index (χ3v) is 5.01. The minimum atomic E-state index is -2.89. The van der Waals surface area contributed by atoms with Crippen molar-refractivity contribution in [1.82, 2.24) is 9.97 Å². The van der Waals surface area contributed by atoms with Gasteiger partial charge in [-0.1, -0.05) is 20.8 Å². The lowest BCUT2D eigenvalue weighted by Gasteiger charge is -2.29. The molecule has 0 N–H and O–H groups in total. The zero-order chi connectivity index (χ0) is 15.7. The van der Waals surface area contributed by atoms with Gasteiger partial charge in [0.1, 0.15) is 11.6 Å². The van der Waals surface area contributed by atoms with Crippen LogP contribution in [0.1, 0.15) is 32.3 Å². The Morgan fingerprint density at radius 3 is 2.38 bits per heavy atom. The van der Waals surface area contributed by atoms with Crippen LogP contribution >= 0.6 is 0 Å². The predicted octanol–water partition coefficient (Wildman–Crippen LogP) is 1.16. The average molecular weight is 313 g/mol. The molecule has 1 aliphatic heterocycles. The quantitative estimate of drug-likeness (QED) is 0.834. The van der Waals surface area contributed by atoms with E-state index in [1.807, 2.05) is 11.0 Å². The van der Waals surface area contributed by atoms with Gasteiger partial charge in [0, 0.05) is 31.7 Å². The van der Waals surface area contributed by atoms with Crippen molar-refractivity contribution >= 4 is 15.7 Å². The topological polar surface area (TPSA) is 72.4 Å². The van der Waals surface area contributed by atoms with Crippen molar-refractivity contribution < 1.29 is 13.2 Å². The summed E-state index contributed by atoms with van der Waals surface area (Å²) in [5, 5.41) is 0. The predicted molar refractivity (Wildman–Crippen MR) is 82.3 cm³/mol. The number of rotatable bonds is 3. The summed E-state index contributed by atoms with van der Waals surface area (Å²) in [7, 11) is -1.26. The molecule has 7 heteroatoms. The fraction of sp³-hybridized carbons (Fsp3) is 0.714. The number of anilines is 1. The van der Waals surface area contributed by atoms with Gasteiger partial charge in [0.25, 0.3) is 0 Å². The Labute approximate surface area is 126 Å². The lowest BCUT2D eigenvalue weighted by atomic mass is 9.95. The molecule has 1 aliphatic rings. The first-order valence-corrected chi connectivity index (χ1v) is 8.86. The molecular weight excluding hydrogens is 290 g/mol. The molecule has 6 nitrogen and oxygen atoms in total. The molecular formula is C14H23N3O3S. The number of aromatic nitrogens is 2. The number of ether oxygens (including phenoxy) is 1. The molecule has 0 aromatic carbocycles. The molecule has 1 fully saturated rings. The first-order chi connectivity index (χ1) is 9.71. The Morgan fingerprint density at radius 1 is 1.24 bits per heavy atom. The Morgan fingerprint density at radius 2 is 1.86 bits per heavy atom. The standard InChI is InChI=1S/C14H23N3O3S/c1-14(2,3)13-15-11(10-20-4)9-12(16-13)17-5-7-21(18,19)8-6-17/h9H,5-8,10H2,1-4H3. The fourth-order valence-electron chi connectivity index (χ4n) is 2.14. The van der Waals surface area contributed by atoms with Crippen LogP contribution < -0.4 is 4.90 Å². The van der Waals surface area contributed by atoms with E-state index in [0.29, 0.717) is 19.7 Å². The molecule has 1 aromatic rings. The third-order valence-electron chi connectivity index (χ3n) is 3.40. The van der Waals surface area contributed by atoms with Crippen molar-refractivity contribution in [3.8, 4) is 0 Å². The van der Waals surface area contributed by atoms with E-state index < -0.39 is 9.84 Å². The van der Waals surface area contributed by atoms with Crippen molar-refractivity contribution in [3.05, 3.63) is 17.6 Å². The molecule has 1 saturated heterocycles.